The molecule has 0 spiro atoms. The molecule has 0 fully saturated rings. The second-order valence-electron chi connectivity index (χ2n) is 6.32. The van der Waals surface area contributed by atoms with E-state index in [4.69, 9.17) is 9.47 Å². The number of hydrogen-bond acceptors (Lipinski definition) is 4. The van der Waals surface area contributed by atoms with Crippen LogP contribution in [0.15, 0.2) is 18.2 Å². The Morgan fingerprint density at radius 1 is 1.46 bits per heavy atom. The van der Waals surface area contributed by atoms with Crippen LogP contribution in [0.25, 0.3) is 10.1 Å². The number of benzene rings is 1. The van der Waals surface area contributed by atoms with Gasteiger partial charge in [-0.25, -0.2) is 0 Å². The van der Waals surface area contributed by atoms with Crippen LogP contribution in [0.2, 0.25) is 0 Å². The Morgan fingerprint density at radius 3 is 2.96 bits per heavy atom. The first-order chi connectivity index (χ1) is 11.5. The van der Waals surface area contributed by atoms with Crippen LogP contribution in [0.4, 0.5) is 0 Å². The maximum Gasteiger partial charge on any atom is 0.309 e. The SMILES string of the molecule is CCCC1(CC(=O)OCC)OC(Br)Cc2c1sc1c(C)cccc21. The van der Waals surface area contributed by atoms with Gasteiger partial charge < -0.3 is 9.47 Å². The molecule has 0 N–H and O–H groups in total. The molecule has 0 amide bonds. The van der Waals surface area contributed by atoms with Crippen molar-refractivity contribution in [1.29, 1.82) is 0 Å². The molecule has 0 saturated carbocycles. The van der Waals surface area contributed by atoms with Gasteiger partial charge in [0.05, 0.1) is 13.0 Å². The van der Waals surface area contributed by atoms with Crippen molar-refractivity contribution in [3.05, 3.63) is 34.2 Å². The van der Waals surface area contributed by atoms with Crippen LogP contribution in [0.3, 0.4) is 0 Å². The van der Waals surface area contributed by atoms with Gasteiger partial charge in [0.1, 0.15) is 10.6 Å². The number of carbonyl (C=O) groups excluding carboxylic acids is 1. The van der Waals surface area contributed by atoms with Gasteiger partial charge in [-0.15, -0.1) is 11.3 Å². The summed E-state index contributed by atoms with van der Waals surface area (Å²) in [4.78, 5) is 13.5. The van der Waals surface area contributed by atoms with Crippen molar-refractivity contribution in [1.82, 2.24) is 0 Å². The predicted molar refractivity (Wildman–Crippen MR) is 102 cm³/mol. The third-order valence-corrected chi connectivity index (χ3v) is 6.62. The van der Waals surface area contributed by atoms with E-state index in [1.54, 1.807) is 11.3 Å². The van der Waals surface area contributed by atoms with E-state index in [-0.39, 0.29) is 17.4 Å². The molecular formula is C19H23BrO3S. The third-order valence-electron chi connectivity index (χ3n) is 4.54. The number of ether oxygens (including phenoxy) is 2. The van der Waals surface area contributed by atoms with Crippen LogP contribution in [0.5, 0.6) is 0 Å². The van der Waals surface area contributed by atoms with Crippen LogP contribution >= 0.6 is 27.3 Å². The van der Waals surface area contributed by atoms with E-state index in [2.05, 4.69) is 48.0 Å². The van der Waals surface area contributed by atoms with Gasteiger partial charge in [-0.2, -0.15) is 0 Å². The molecule has 0 saturated heterocycles. The van der Waals surface area contributed by atoms with Crippen LogP contribution in [-0.4, -0.2) is 17.6 Å². The zero-order valence-electron chi connectivity index (χ0n) is 14.4. The molecule has 130 valence electrons. The van der Waals surface area contributed by atoms with E-state index in [1.165, 1.54) is 26.1 Å². The molecule has 1 aromatic heterocycles. The Bertz CT molecular complexity index is 754. The molecule has 5 heteroatoms. The average molecular weight is 411 g/mol. The molecule has 1 aliphatic heterocycles. The highest BCUT2D eigenvalue weighted by molar-refractivity contribution is 9.09. The maximum atomic E-state index is 12.3. The molecule has 2 atom stereocenters. The van der Waals surface area contributed by atoms with Gasteiger partial charge in [0.15, 0.2) is 0 Å². The van der Waals surface area contributed by atoms with Gasteiger partial charge in [0.25, 0.3) is 0 Å². The fourth-order valence-electron chi connectivity index (χ4n) is 3.61. The number of aryl methyl sites for hydroxylation is 1. The third kappa shape index (κ3) is 3.14. The summed E-state index contributed by atoms with van der Waals surface area (Å²) in [5, 5.41) is 1.22. The van der Waals surface area contributed by atoms with Crippen LogP contribution in [0.1, 0.15) is 49.1 Å². The van der Waals surface area contributed by atoms with Gasteiger partial charge in [-0.1, -0.05) is 47.5 Å². The standard InChI is InChI=1S/C19H23BrO3S/c1-4-9-19(11-16(21)22-5-2)18-14(10-15(20)23-19)13-8-6-7-12(3)17(13)24-18/h6-8,15H,4-5,9-11H2,1-3H3. The molecule has 2 aromatic rings. The molecular weight excluding hydrogens is 388 g/mol. The smallest absolute Gasteiger partial charge is 0.309 e. The molecule has 0 bridgehead atoms. The van der Waals surface area contributed by atoms with Crippen molar-refractivity contribution in [2.24, 2.45) is 0 Å². The van der Waals surface area contributed by atoms with E-state index < -0.39 is 5.60 Å². The molecule has 1 aromatic carbocycles. The average Bonchev–Trinajstić information content (AvgIpc) is 2.89. The lowest BCUT2D eigenvalue weighted by atomic mass is 9.86. The summed E-state index contributed by atoms with van der Waals surface area (Å²) in [7, 11) is 0. The van der Waals surface area contributed by atoms with E-state index in [0.29, 0.717) is 6.61 Å². The second-order valence-corrected chi connectivity index (χ2v) is 8.36. The monoisotopic (exact) mass is 410 g/mol. The van der Waals surface area contributed by atoms with Crippen LogP contribution in [0, 0.1) is 6.92 Å². The zero-order chi connectivity index (χ0) is 17.3. The number of alkyl halides is 1. The van der Waals surface area contributed by atoms with Crippen molar-refractivity contribution in [3.8, 4) is 0 Å². The lowest BCUT2D eigenvalue weighted by molar-refractivity contribution is -0.155. The first-order valence-electron chi connectivity index (χ1n) is 8.49. The van der Waals surface area contributed by atoms with Crippen molar-refractivity contribution in [3.63, 3.8) is 0 Å². The van der Waals surface area contributed by atoms with Crippen molar-refractivity contribution >= 4 is 43.3 Å². The summed E-state index contributed by atoms with van der Waals surface area (Å²) in [5.41, 5.74) is 2.02. The minimum absolute atomic E-state index is 0.0794. The molecule has 3 nitrogen and oxygen atoms in total. The Balaban J connectivity index is 2.15. The van der Waals surface area contributed by atoms with Gasteiger partial charge in [-0.05, 0) is 36.8 Å². The summed E-state index contributed by atoms with van der Waals surface area (Å²) >= 11 is 5.43. The number of esters is 1. The van der Waals surface area contributed by atoms with E-state index in [9.17, 15) is 4.79 Å². The van der Waals surface area contributed by atoms with E-state index >= 15 is 0 Å². The highest BCUT2D eigenvalue weighted by atomic mass is 79.9. The van der Waals surface area contributed by atoms with E-state index in [0.717, 1.165) is 19.3 Å². The van der Waals surface area contributed by atoms with E-state index in [1.807, 2.05) is 6.92 Å². The lowest BCUT2D eigenvalue weighted by Crippen LogP contribution is -2.39. The van der Waals surface area contributed by atoms with Crippen molar-refractivity contribution < 1.29 is 14.3 Å². The number of thiophene rings is 1. The van der Waals surface area contributed by atoms with Gasteiger partial charge in [0.2, 0.25) is 0 Å². The molecule has 3 rings (SSSR count). The number of hydrogen-bond donors (Lipinski definition) is 0. The topological polar surface area (TPSA) is 35.5 Å². The minimum atomic E-state index is -0.584. The molecule has 1 aliphatic rings. The Labute approximate surface area is 155 Å². The first kappa shape index (κ1) is 17.9. The van der Waals surface area contributed by atoms with Crippen LogP contribution in [-0.2, 0) is 26.3 Å². The van der Waals surface area contributed by atoms with Gasteiger partial charge in [-0.3, -0.25) is 4.79 Å². The Hall–Kier alpha value is -0.910. The molecule has 2 unspecified atom stereocenters. The molecule has 2 heterocycles. The zero-order valence-corrected chi connectivity index (χ0v) is 16.8. The van der Waals surface area contributed by atoms with Crippen molar-refractivity contribution in [2.45, 2.75) is 57.1 Å². The number of halogens is 1. The summed E-state index contributed by atoms with van der Waals surface area (Å²) in [6, 6.07) is 6.43. The fourth-order valence-corrected chi connectivity index (χ4v) is 5.76. The maximum absolute atomic E-state index is 12.3. The molecule has 24 heavy (non-hydrogen) atoms. The lowest BCUT2D eigenvalue weighted by Gasteiger charge is -2.39. The highest BCUT2D eigenvalue weighted by Crippen LogP contribution is 2.50. The van der Waals surface area contributed by atoms with Gasteiger partial charge >= 0.3 is 5.97 Å². The minimum Gasteiger partial charge on any atom is -0.466 e. The Kier molecular flexibility index (Phi) is 5.33. The number of carbonyl (C=O) groups is 1. The predicted octanol–water partition coefficient (Wildman–Crippen LogP) is 5.45. The number of rotatable bonds is 5. The normalized spacial score (nSPS) is 23.2. The molecule has 0 radical (unpaired) electrons. The summed E-state index contributed by atoms with van der Waals surface area (Å²) in [6.07, 6.45) is 2.86. The van der Waals surface area contributed by atoms with Crippen LogP contribution < -0.4 is 0 Å². The van der Waals surface area contributed by atoms with Gasteiger partial charge in [0, 0.05) is 16.0 Å². The molecule has 0 aliphatic carbocycles. The fraction of sp³-hybridized carbons (Fsp3) is 0.526. The summed E-state index contributed by atoms with van der Waals surface area (Å²) in [5.74, 6) is -0.187. The summed E-state index contributed by atoms with van der Waals surface area (Å²) in [6.45, 7) is 6.51. The highest BCUT2D eigenvalue weighted by Gasteiger charge is 2.44. The quantitative estimate of drug-likeness (QED) is 0.485. The Morgan fingerprint density at radius 2 is 2.25 bits per heavy atom. The van der Waals surface area contributed by atoms with Crippen molar-refractivity contribution in [2.75, 3.05) is 6.61 Å². The second kappa shape index (κ2) is 7.14. The number of fused-ring (bicyclic) bond motifs is 3. The first-order valence-corrected chi connectivity index (χ1v) is 10.2. The largest absolute Gasteiger partial charge is 0.466 e. The summed E-state index contributed by atoms with van der Waals surface area (Å²) < 4.78 is 12.9.